The van der Waals surface area contributed by atoms with E-state index in [9.17, 15) is 22.4 Å². The summed E-state index contributed by atoms with van der Waals surface area (Å²) in [4.78, 5) is 19.0. The van der Waals surface area contributed by atoms with Gasteiger partial charge in [0.25, 0.3) is 0 Å². The van der Waals surface area contributed by atoms with Crippen molar-refractivity contribution in [3.05, 3.63) is 71.4 Å². The van der Waals surface area contributed by atoms with Gasteiger partial charge in [0.1, 0.15) is 17.7 Å². The van der Waals surface area contributed by atoms with Crippen LogP contribution in [0.1, 0.15) is 16.8 Å². The van der Waals surface area contributed by atoms with Crippen LogP contribution in [0.15, 0.2) is 48.8 Å². The first-order valence-electron chi connectivity index (χ1n) is 12.8. The number of nitrogen functional groups attached to an aromatic ring is 1. The molecule has 0 unspecified atom stereocenters. The number of ether oxygens (including phenoxy) is 1. The van der Waals surface area contributed by atoms with Crippen molar-refractivity contribution < 1.29 is 27.1 Å². The molecule has 0 aliphatic carbocycles. The van der Waals surface area contributed by atoms with Gasteiger partial charge in [0, 0.05) is 37.4 Å². The largest absolute Gasteiger partial charge is 0.416 e. The summed E-state index contributed by atoms with van der Waals surface area (Å²) in [6, 6.07) is 7.72. The second-order valence-corrected chi connectivity index (χ2v) is 9.47. The third kappa shape index (κ3) is 6.09. The third-order valence-electron chi connectivity index (χ3n) is 6.76. The normalized spacial score (nSPS) is 14.4. The fraction of sp³-hybridized carbons (Fsp3) is 0.296. The first kappa shape index (κ1) is 28.3. The average Bonchev–Trinajstić information content (AvgIpc) is 3.24. The number of amides is 2. The summed E-state index contributed by atoms with van der Waals surface area (Å²) in [6.07, 6.45) is -3.26. The van der Waals surface area contributed by atoms with E-state index in [1.165, 1.54) is 6.33 Å². The maximum atomic E-state index is 14.1. The number of halogens is 4. The first-order valence-corrected chi connectivity index (χ1v) is 12.8. The number of aromatic nitrogens is 3. The number of morpholine rings is 1. The van der Waals surface area contributed by atoms with Crippen LogP contribution < -0.4 is 21.7 Å². The first-order chi connectivity index (χ1) is 19.7. The predicted octanol–water partition coefficient (Wildman–Crippen LogP) is 4.33. The quantitative estimate of drug-likeness (QED) is 0.243. The van der Waals surface area contributed by atoms with Crippen LogP contribution in [0.3, 0.4) is 0 Å². The Morgan fingerprint density at radius 1 is 1.10 bits per heavy atom. The Morgan fingerprint density at radius 3 is 2.51 bits per heavy atom. The molecular weight excluding hydrogens is 544 g/mol. The Hall–Kier alpha value is -4.27. The van der Waals surface area contributed by atoms with Crippen molar-refractivity contribution in [1.82, 2.24) is 24.8 Å². The number of urea groups is 1. The number of nitrogens with two attached hydrogens (primary N) is 1. The van der Waals surface area contributed by atoms with E-state index in [1.807, 2.05) is 11.6 Å². The topological polar surface area (TPSA) is 122 Å². The summed E-state index contributed by atoms with van der Waals surface area (Å²) in [6.45, 7) is 4.03. The standard InChI is InChI=1S/C27H28F4N8O2/c1-33-13-19-22(14-38-8-10-41-11-9-38)39-24(25(32)34-15-35-39)23(19)16-2-5-18(6-3-16)36-26(40)37-21-12-17(27(29,30)31)4-7-20(21)28/h2-7,12,15,33H,8-11,13-14H2,1H3,(H2,32,34,35)(H2,36,37,40). The van der Waals surface area contributed by atoms with Gasteiger partial charge in [0.15, 0.2) is 5.82 Å². The molecule has 10 nitrogen and oxygen atoms in total. The van der Waals surface area contributed by atoms with E-state index in [-0.39, 0.29) is 0 Å². The van der Waals surface area contributed by atoms with Crippen LogP contribution in [0.5, 0.6) is 0 Å². The molecule has 3 heterocycles. The smallest absolute Gasteiger partial charge is 0.382 e. The van der Waals surface area contributed by atoms with Crippen molar-refractivity contribution in [2.75, 3.05) is 49.7 Å². The molecule has 1 fully saturated rings. The van der Waals surface area contributed by atoms with Crippen LogP contribution in [-0.4, -0.2) is 58.9 Å². The molecule has 2 amide bonds. The number of hydrogen-bond donors (Lipinski definition) is 4. The molecule has 14 heteroatoms. The molecule has 1 aliphatic rings. The summed E-state index contributed by atoms with van der Waals surface area (Å²) in [5.74, 6) is -0.681. The van der Waals surface area contributed by atoms with Gasteiger partial charge < -0.3 is 26.4 Å². The number of nitrogens with one attached hydrogen (secondary N) is 3. The maximum Gasteiger partial charge on any atom is 0.416 e. The van der Waals surface area contributed by atoms with E-state index in [1.54, 1.807) is 24.3 Å². The second-order valence-electron chi connectivity index (χ2n) is 9.47. The number of anilines is 3. The van der Waals surface area contributed by atoms with Crippen molar-refractivity contribution in [3.63, 3.8) is 0 Å². The van der Waals surface area contributed by atoms with Crippen LogP contribution in [0.2, 0.25) is 0 Å². The molecule has 5 rings (SSSR count). The molecule has 5 N–H and O–H groups in total. The van der Waals surface area contributed by atoms with E-state index in [0.29, 0.717) is 61.5 Å². The Labute approximate surface area is 232 Å². The second kappa shape index (κ2) is 11.7. The minimum absolute atomic E-state index is 0.310. The SMILES string of the molecule is CNCc1c(-c2ccc(NC(=O)Nc3cc(C(F)(F)F)ccc3F)cc2)c2c(N)ncnn2c1CN1CCOCC1. The van der Waals surface area contributed by atoms with E-state index in [0.717, 1.165) is 35.5 Å². The zero-order valence-corrected chi connectivity index (χ0v) is 22.1. The van der Waals surface area contributed by atoms with Crippen molar-refractivity contribution in [3.8, 4) is 11.1 Å². The van der Waals surface area contributed by atoms with Crippen LogP contribution in [0.4, 0.5) is 39.5 Å². The Bertz CT molecular complexity index is 1550. The molecule has 2 aromatic carbocycles. The number of carbonyl (C=O) groups is 1. The number of fused-ring (bicyclic) bond motifs is 1. The van der Waals surface area contributed by atoms with E-state index >= 15 is 0 Å². The van der Waals surface area contributed by atoms with Crippen LogP contribution in [0.25, 0.3) is 16.6 Å². The monoisotopic (exact) mass is 572 g/mol. The van der Waals surface area contributed by atoms with Gasteiger partial charge in [-0.25, -0.2) is 18.7 Å². The van der Waals surface area contributed by atoms with E-state index < -0.39 is 29.3 Å². The highest BCUT2D eigenvalue weighted by Gasteiger charge is 2.31. The van der Waals surface area contributed by atoms with E-state index in [2.05, 4.69) is 30.9 Å². The molecule has 2 aromatic heterocycles. The van der Waals surface area contributed by atoms with Gasteiger partial charge in [-0.15, -0.1) is 0 Å². The lowest BCUT2D eigenvalue weighted by Crippen LogP contribution is -2.36. The summed E-state index contributed by atoms with van der Waals surface area (Å²) < 4.78 is 60.4. The minimum atomic E-state index is -4.68. The van der Waals surface area contributed by atoms with Gasteiger partial charge in [-0.1, -0.05) is 12.1 Å². The Balaban J connectivity index is 1.42. The van der Waals surface area contributed by atoms with Gasteiger partial charge in [-0.2, -0.15) is 18.3 Å². The molecule has 41 heavy (non-hydrogen) atoms. The minimum Gasteiger partial charge on any atom is -0.382 e. The number of nitrogens with zero attached hydrogens (tertiary/aromatic N) is 4. The molecule has 0 atom stereocenters. The predicted molar refractivity (Wildman–Crippen MR) is 146 cm³/mol. The Morgan fingerprint density at radius 2 is 1.83 bits per heavy atom. The average molecular weight is 573 g/mol. The number of hydrogen-bond acceptors (Lipinski definition) is 7. The summed E-state index contributed by atoms with van der Waals surface area (Å²) in [5, 5.41) is 12.4. The van der Waals surface area contributed by atoms with Crippen LogP contribution in [-0.2, 0) is 24.0 Å². The number of rotatable bonds is 7. The van der Waals surface area contributed by atoms with Crippen LogP contribution in [0, 0.1) is 5.82 Å². The lowest BCUT2D eigenvalue weighted by molar-refractivity contribution is -0.137. The van der Waals surface area contributed by atoms with Gasteiger partial charge in [0.2, 0.25) is 0 Å². The number of carbonyl (C=O) groups excluding carboxylic acids is 1. The highest BCUT2D eigenvalue weighted by molar-refractivity contribution is 6.00. The molecule has 4 aromatic rings. The molecule has 1 saturated heterocycles. The summed E-state index contributed by atoms with van der Waals surface area (Å²) in [5.41, 5.74) is 9.24. The van der Waals surface area contributed by atoms with Crippen molar-refractivity contribution >= 4 is 28.7 Å². The molecule has 1 aliphatic heterocycles. The van der Waals surface area contributed by atoms with E-state index in [4.69, 9.17) is 10.5 Å². The molecule has 0 bridgehead atoms. The molecule has 0 radical (unpaired) electrons. The van der Waals surface area contributed by atoms with Crippen molar-refractivity contribution in [1.29, 1.82) is 0 Å². The fourth-order valence-corrected chi connectivity index (χ4v) is 4.83. The van der Waals surface area contributed by atoms with Crippen molar-refractivity contribution in [2.45, 2.75) is 19.3 Å². The molecule has 0 saturated carbocycles. The van der Waals surface area contributed by atoms with Gasteiger partial charge in [-0.3, -0.25) is 4.90 Å². The maximum absolute atomic E-state index is 14.1. The van der Waals surface area contributed by atoms with Crippen molar-refractivity contribution in [2.24, 2.45) is 0 Å². The lowest BCUT2D eigenvalue weighted by Gasteiger charge is -2.26. The van der Waals surface area contributed by atoms with Gasteiger partial charge in [-0.05, 0) is 48.5 Å². The fourth-order valence-electron chi connectivity index (χ4n) is 4.83. The zero-order valence-electron chi connectivity index (χ0n) is 22.1. The molecular formula is C27H28F4N8O2. The van der Waals surface area contributed by atoms with Crippen LogP contribution >= 0.6 is 0 Å². The Kier molecular flexibility index (Phi) is 8.06. The molecule has 216 valence electrons. The summed E-state index contributed by atoms with van der Waals surface area (Å²) in [7, 11) is 1.85. The summed E-state index contributed by atoms with van der Waals surface area (Å²) >= 11 is 0. The van der Waals surface area contributed by atoms with Gasteiger partial charge in [0.05, 0.1) is 30.2 Å². The number of benzene rings is 2. The highest BCUT2D eigenvalue weighted by Crippen LogP contribution is 2.37. The molecule has 0 spiro atoms. The van der Waals surface area contributed by atoms with Gasteiger partial charge >= 0.3 is 12.2 Å². The zero-order chi connectivity index (χ0) is 29.1. The lowest BCUT2D eigenvalue weighted by atomic mass is 10.00. The highest BCUT2D eigenvalue weighted by atomic mass is 19.4. The third-order valence-corrected chi connectivity index (χ3v) is 6.76. The number of alkyl halides is 3.